The van der Waals surface area contributed by atoms with Crippen LogP contribution in [0, 0.1) is 13.8 Å². The van der Waals surface area contributed by atoms with Crippen LogP contribution in [0.2, 0.25) is 10.0 Å². The van der Waals surface area contributed by atoms with Gasteiger partial charge in [0, 0.05) is 16.3 Å². The van der Waals surface area contributed by atoms with Crippen LogP contribution in [-0.4, -0.2) is 21.6 Å². The highest BCUT2D eigenvalue weighted by Gasteiger charge is 2.15. The zero-order valence-electron chi connectivity index (χ0n) is 14.5. The monoisotopic (exact) mass is 406 g/mol. The molecule has 2 heterocycles. The van der Waals surface area contributed by atoms with Crippen molar-refractivity contribution < 1.29 is 14.0 Å². The molecule has 3 rings (SSSR count). The maximum Gasteiger partial charge on any atom is 0.305 e. The summed E-state index contributed by atoms with van der Waals surface area (Å²) in [5.74, 6) is -0.562. The molecule has 0 aliphatic heterocycles. The molecule has 0 unspecified atom stereocenters. The number of aromatic nitrogens is 2. The van der Waals surface area contributed by atoms with Crippen LogP contribution in [-0.2, 0) is 11.3 Å². The summed E-state index contributed by atoms with van der Waals surface area (Å²) in [6.45, 7) is 3.67. The van der Waals surface area contributed by atoms with Gasteiger partial charge in [-0.1, -0.05) is 23.2 Å². The van der Waals surface area contributed by atoms with Crippen molar-refractivity contribution in [3.8, 4) is 11.3 Å². The largest absolute Gasteiger partial charge is 0.451 e. The van der Waals surface area contributed by atoms with E-state index in [4.69, 9.17) is 27.6 Å². The molecule has 0 fully saturated rings. The highest BCUT2D eigenvalue weighted by atomic mass is 35.5. The SMILES string of the molecule is Cc1cc(C)n(CC(=O)NNC(=O)c2ccc(-c3ccc(Cl)cc3Cl)o2)n1. The maximum atomic E-state index is 12.2. The van der Waals surface area contributed by atoms with E-state index >= 15 is 0 Å². The molecular formula is C18H16Cl2N4O3. The smallest absolute Gasteiger partial charge is 0.305 e. The molecule has 27 heavy (non-hydrogen) atoms. The number of aryl methyl sites for hydroxylation is 2. The average molecular weight is 407 g/mol. The number of rotatable bonds is 4. The van der Waals surface area contributed by atoms with Gasteiger partial charge in [-0.15, -0.1) is 0 Å². The van der Waals surface area contributed by atoms with Crippen LogP contribution < -0.4 is 10.9 Å². The minimum atomic E-state index is -0.590. The molecule has 0 bridgehead atoms. The molecule has 2 amide bonds. The first-order chi connectivity index (χ1) is 12.8. The molecular weight excluding hydrogens is 391 g/mol. The second-order valence-corrected chi connectivity index (χ2v) is 6.72. The summed E-state index contributed by atoms with van der Waals surface area (Å²) in [6.07, 6.45) is 0. The number of hydrazine groups is 1. The summed E-state index contributed by atoms with van der Waals surface area (Å²) >= 11 is 12.0. The highest BCUT2D eigenvalue weighted by Crippen LogP contribution is 2.31. The molecule has 0 spiro atoms. The summed E-state index contributed by atoms with van der Waals surface area (Å²) in [5, 5.41) is 5.09. The lowest BCUT2D eigenvalue weighted by atomic mass is 10.2. The van der Waals surface area contributed by atoms with Crippen LogP contribution in [0.3, 0.4) is 0 Å². The van der Waals surface area contributed by atoms with Crippen LogP contribution in [0.4, 0.5) is 0 Å². The van der Waals surface area contributed by atoms with Crippen molar-refractivity contribution >= 4 is 35.0 Å². The zero-order valence-corrected chi connectivity index (χ0v) is 16.1. The molecule has 0 aliphatic rings. The molecule has 140 valence electrons. The fraction of sp³-hybridized carbons (Fsp3) is 0.167. The lowest BCUT2D eigenvalue weighted by Crippen LogP contribution is -2.43. The van der Waals surface area contributed by atoms with Crippen molar-refractivity contribution in [2.45, 2.75) is 20.4 Å². The maximum absolute atomic E-state index is 12.2. The van der Waals surface area contributed by atoms with Crippen molar-refractivity contribution in [3.63, 3.8) is 0 Å². The molecule has 0 radical (unpaired) electrons. The zero-order chi connectivity index (χ0) is 19.6. The molecule has 9 heteroatoms. The number of nitrogens with zero attached hydrogens (tertiary/aromatic N) is 2. The van der Waals surface area contributed by atoms with Gasteiger partial charge < -0.3 is 4.42 Å². The van der Waals surface area contributed by atoms with Gasteiger partial charge in [0.05, 0.1) is 10.7 Å². The minimum Gasteiger partial charge on any atom is -0.451 e. The van der Waals surface area contributed by atoms with E-state index in [0.717, 1.165) is 11.4 Å². The Balaban J connectivity index is 1.61. The number of benzene rings is 1. The number of hydrogen-bond acceptors (Lipinski definition) is 4. The average Bonchev–Trinajstić information content (AvgIpc) is 3.20. The summed E-state index contributed by atoms with van der Waals surface area (Å²) in [4.78, 5) is 24.1. The Morgan fingerprint density at radius 3 is 2.56 bits per heavy atom. The van der Waals surface area contributed by atoms with E-state index in [-0.39, 0.29) is 12.3 Å². The van der Waals surface area contributed by atoms with E-state index in [1.54, 1.807) is 28.9 Å². The van der Waals surface area contributed by atoms with Gasteiger partial charge in [-0.05, 0) is 50.2 Å². The molecule has 0 saturated carbocycles. The van der Waals surface area contributed by atoms with Crippen molar-refractivity contribution in [1.82, 2.24) is 20.6 Å². The fourth-order valence-corrected chi connectivity index (χ4v) is 2.99. The first-order valence-corrected chi connectivity index (χ1v) is 8.74. The van der Waals surface area contributed by atoms with Crippen LogP contribution in [0.1, 0.15) is 21.9 Å². The fourth-order valence-electron chi connectivity index (χ4n) is 2.49. The van der Waals surface area contributed by atoms with Gasteiger partial charge in [-0.25, -0.2) is 0 Å². The van der Waals surface area contributed by atoms with Crippen molar-refractivity contribution in [2.24, 2.45) is 0 Å². The second kappa shape index (κ2) is 7.85. The third-order valence-corrected chi connectivity index (χ3v) is 4.29. The Labute approximate surface area is 165 Å². The van der Waals surface area contributed by atoms with Crippen LogP contribution in [0.25, 0.3) is 11.3 Å². The van der Waals surface area contributed by atoms with Crippen LogP contribution in [0.15, 0.2) is 40.8 Å². The number of hydrogen-bond donors (Lipinski definition) is 2. The quantitative estimate of drug-likeness (QED) is 0.648. The Hall–Kier alpha value is -2.77. The Morgan fingerprint density at radius 1 is 1.11 bits per heavy atom. The first-order valence-electron chi connectivity index (χ1n) is 7.99. The normalized spacial score (nSPS) is 10.7. The van der Waals surface area contributed by atoms with Gasteiger partial charge in [-0.3, -0.25) is 25.1 Å². The molecule has 2 aromatic heterocycles. The van der Waals surface area contributed by atoms with E-state index in [0.29, 0.717) is 21.4 Å². The summed E-state index contributed by atoms with van der Waals surface area (Å²) < 4.78 is 7.06. The summed E-state index contributed by atoms with van der Waals surface area (Å²) in [7, 11) is 0. The van der Waals surface area contributed by atoms with Gasteiger partial charge in [0.25, 0.3) is 5.91 Å². The lowest BCUT2D eigenvalue weighted by Gasteiger charge is -2.07. The van der Waals surface area contributed by atoms with Gasteiger partial charge in [0.1, 0.15) is 12.3 Å². The Morgan fingerprint density at radius 2 is 1.89 bits per heavy atom. The predicted octanol–water partition coefficient (Wildman–Crippen LogP) is 3.53. The predicted molar refractivity (Wildman–Crippen MR) is 101 cm³/mol. The van der Waals surface area contributed by atoms with Gasteiger partial charge in [0.15, 0.2) is 5.76 Å². The van der Waals surface area contributed by atoms with Gasteiger partial charge in [0.2, 0.25) is 0 Å². The summed E-state index contributed by atoms with van der Waals surface area (Å²) in [5.41, 5.74) is 6.91. The van der Waals surface area contributed by atoms with E-state index in [1.165, 1.54) is 6.07 Å². The number of amides is 2. The minimum absolute atomic E-state index is 0.0102. The highest BCUT2D eigenvalue weighted by molar-refractivity contribution is 6.36. The number of carbonyl (C=O) groups is 2. The molecule has 3 aromatic rings. The molecule has 7 nitrogen and oxygen atoms in total. The summed E-state index contributed by atoms with van der Waals surface area (Å²) in [6, 6.07) is 9.91. The van der Waals surface area contributed by atoms with Crippen molar-refractivity contribution in [3.05, 3.63) is 63.6 Å². The number of furan rings is 1. The second-order valence-electron chi connectivity index (χ2n) is 5.88. The van der Waals surface area contributed by atoms with Crippen LogP contribution >= 0.6 is 23.2 Å². The number of carbonyl (C=O) groups excluding carboxylic acids is 2. The van der Waals surface area contributed by atoms with Crippen molar-refractivity contribution in [1.29, 1.82) is 0 Å². The Bertz CT molecular complexity index is 1010. The molecule has 0 aliphatic carbocycles. The third kappa shape index (κ3) is 4.50. The van der Waals surface area contributed by atoms with Crippen molar-refractivity contribution in [2.75, 3.05) is 0 Å². The standard InChI is InChI=1S/C18H16Cl2N4O3/c1-10-7-11(2)24(23-10)9-17(25)21-22-18(26)16-6-5-15(27-16)13-4-3-12(19)8-14(13)20/h3-8H,9H2,1-2H3,(H,21,25)(H,22,26). The van der Waals surface area contributed by atoms with E-state index in [2.05, 4.69) is 16.0 Å². The van der Waals surface area contributed by atoms with E-state index in [9.17, 15) is 9.59 Å². The first kappa shape index (κ1) is 19.0. The molecule has 0 saturated heterocycles. The Kier molecular flexibility index (Phi) is 5.53. The third-order valence-electron chi connectivity index (χ3n) is 3.74. The van der Waals surface area contributed by atoms with Crippen LogP contribution in [0.5, 0.6) is 0 Å². The van der Waals surface area contributed by atoms with Gasteiger partial charge in [-0.2, -0.15) is 5.10 Å². The van der Waals surface area contributed by atoms with E-state index < -0.39 is 11.8 Å². The molecule has 0 atom stereocenters. The lowest BCUT2D eigenvalue weighted by molar-refractivity contribution is -0.122. The van der Waals surface area contributed by atoms with E-state index in [1.807, 2.05) is 19.9 Å². The van der Waals surface area contributed by atoms with Gasteiger partial charge >= 0.3 is 5.91 Å². The molecule has 2 N–H and O–H groups in total. The topological polar surface area (TPSA) is 89.2 Å². The molecule has 1 aromatic carbocycles. The number of nitrogens with one attached hydrogen (secondary N) is 2. The number of halogens is 2.